The Morgan fingerprint density at radius 1 is 1.64 bits per heavy atom. The average Bonchev–Trinajstić information content (AvgIpc) is 2.17. The number of aliphatic hydroxyl groups is 1. The highest BCUT2D eigenvalue weighted by atomic mass is 16.3. The first-order valence-corrected chi connectivity index (χ1v) is 3.71. The van der Waals surface area contributed by atoms with Crippen molar-refractivity contribution < 1.29 is 9.90 Å². The van der Waals surface area contributed by atoms with Gasteiger partial charge in [0.2, 0.25) is 0 Å². The van der Waals surface area contributed by atoms with E-state index < -0.39 is 6.10 Å². The molecule has 1 rings (SSSR count). The van der Waals surface area contributed by atoms with Crippen molar-refractivity contribution in [1.82, 2.24) is 0 Å². The quantitative estimate of drug-likeness (QED) is 0.613. The molecule has 0 aliphatic heterocycles. The van der Waals surface area contributed by atoms with E-state index in [9.17, 15) is 9.90 Å². The molecule has 0 bridgehead atoms. The monoisotopic (exact) mass is 152 g/mol. The molecule has 0 aromatic rings. The second-order valence-corrected chi connectivity index (χ2v) is 2.74. The molecule has 0 radical (unpaired) electrons. The van der Waals surface area contributed by atoms with Gasteiger partial charge in [-0.05, 0) is 19.4 Å². The molecule has 1 unspecified atom stereocenters. The van der Waals surface area contributed by atoms with E-state index in [1.54, 1.807) is 13.0 Å². The topological polar surface area (TPSA) is 37.3 Å². The summed E-state index contributed by atoms with van der Waals surface area (Å²) in [5.74, 6) is 0.0492. The maximum absolute atomic E-state index is 11.1. The van der Waals surface area contributed by atoms with Crippen LogP contribution in [0.15, 0.2) is 23.3 Å². The van der Waals surface area contributed by atoms with Gasteiger partial charge in [0.1, 0.15) is 0 Å². The predicted molar refractivity (Wildman–Crippen MR) is 43.1 cm³/mol. The first kappa shape index (κ1) is 8.21. The number of hydrogen-bond acceptors (Lipinski definition) is 2. The number of carbonyl (C=O) groups excluding carboxylic acids is 1. The first-order valence-electron chi connectivity index (χ1n) is 3.71. The zero-order valence-corrected chi connectivity index (χ0v) is 6.79. The summed E-state index contributed by atoms with van der Waals surface area (Å²) < 4.78 is 0. The summed E-state index contributed by atoms with van der Waals surface area (Å²) in [7, 11) is 0. The lowest BCUT2D eigenvalue weighted by Gasteiger charge is -1.98. The third kappa shape index (κ3) is 1.40. The molecule has 60 valence electrons. The fourth-order valence-electron chi connectivity index (χ4n) is 1.23. The Morgan fingerprint density at radius 2 is 2.27 bits per heavy atom. The van der Waals surface area contributed by atoms with E-state index in [1.807, 2.05) is 13.0 Å². The van der Waals surface area contributed by atoms with Gasteiger partial charge in [0.05, 0.1) is 6.10 Å². The number of carbonyl (C=O) groups is 1. The molecular weight excluding hydrogens is 140 g/mol. The van der Waals surface area contributed by atoms with Crippen LogP contribution in [-0.2, 0) is 4.79 Å². The van der Waals surface area contributed by atoms with Crippen LogP contribution in [0.2, 0.25) is 0 Å². The number of hydrogen-bond donors (Lipinski definition) is 1. The smallest absolute Gasteiger partial charge is 0.165 e. The van der Waals surface area contributed by atoms with Crippen molar-refractivity contribution in [3.8, 4) is 0 Å². The average molecular weight is 152 g/mol. The van der Waals surface area contributed by atoms with E-state index >= 15 is 0 Å². The zero-order valence-electron chi connectivity index (χ0n) is 6.79. The van der Waals surface area contributed by atoms with Crippen LogP contribution in [0.4, 0.5) is 0 Å². The molecule has 0 aromatic heterocycles. The van der Waals surface area contributed by atoms with Gasteiger partial charge in [-0.15, -0.1) is 0 Å². The van der Waals surface area contributed by atoms with E-state index in [4.69, 9.17) is 0 Å². The molecule has 0 fully saturated rings. The second kappa shape index (κ2) is 3.01. The molecule has 2 nitrogen and oxygen atoms in total. The van der Waals surface area contributed by atoms with Crippen LogP contribution < -0.4 is 0 Å². The molecule has 0 amide bonds. The minimum Gasteiger partial charge on any atom is -0.388 e. The molecule has 11 heavy (non-hydrogen) atoms. The Kier molecular flexibility index (Phi) is 2.25. The third-order valence-corrected chi connectivity index (χ3v) is 1.94. The first-order chi connectivity index (χ1) is 5.16. The molecule has 0 spiro atoms. The van der Waals surface area contributed by atoms with Gasteiger partial charge in [0.15, 0.2) is 5.78 Å². The van der Waals surface area contributed by atoms with E-state index in [1.165, 1.54) is 0 Å². The van der Waals surface area contributed by atoms with E-state index in [0.29, 0.717) is 5.57 Å². The van der Waals surface area contributed by atoms with Gasteiger partial charge in [0, 0.05) is 12.0 Å². The highest BCUT2D eigenvalue weighted by Gasteiger charge is 2.25. The van der Waals surface area contributed by atoms with Crippen molar-refractivity contribution in [3.63, 3.8) is 0 Å². The van der Waals surface area contributed by atoms with Gasteiger partial charge < -0.3 is 5.11 Å². The van der Waals surface area contributed by atoms with Gasteiger partial charge >= 0.3 is 0 Å². The van der Waals surface area contributed by atoms with Gasteiger partial charge in [-0.1, -0.05) is 12.2 Å². The van der Waals surface area contributed by atoms with Gasteiger partial charge in [0.25, 0.3) is 0 Å². The summed E-state index contributed by atoms with van der Waals surface area (Å²) >= 11 is 0. The molecule has 0 heterocycles. The van der Waals surface area contributed by atoms with Crippen LogP contribution in [0, 0.1) is 0 Å². The molecule has 1 aliphatic rings. The lowest BCUT2D eigenvalue weighted by molar-refractivity contribution is -0.115. The van der Waals surface area contributed by atoms with Crippen LogP contribution in [0.1, 0.15) is 20.3 Å². The summed E-state index contributed by atoms with van der Waals surface area (Å²) in [5.41, 5.74) is 1.48. The molecule has 1 atom stereocenters. The third-order valence-electron chi connectivity index (χ3n) is 1.94. The van der Waals surface area contributed by atoms with Crippen molar-refractivity contribution in [2.45, 2.75) is 26.4 Å². The Bertz CT molecular complexity index is 236. The van der Waals surface area contributed by atoms with Crippen molar-refractivity contribution >= 4 is 5.78 Å². The summed E-state index contributed by atoms with van der Waals surface area (Å²) in [4.78, 5) is 11.1. The summed E-state index contributed by atoms with van der Waals surface area (Å²) in [6.45, 7) is 3.66. The molecule has 0 saturated carbocycles. The Labute approximate surface area is 66.2 Å². The molecule has 2 heteroatoms. The number of Topliss-reactive ketones (excluding diaryl/α,β-unsaturated/α-hetero) is 1. The van der Waals surface area contributed by atoms with Crippen molar-refractivity contribution in [3.05, 3.63) is 23.3 Å². The maximum atomic E-state index is 11.1. The fourth-order valence-corrected chi connectivity index (χ4v) is 1.23. The highest BCUT2D eigenvalue weighted by molar-refractivity contribution is 6.01. The fraction of sp³-hybridized carbons (Fsp3) is 0.444. The number of ketones is 1. The number of rotatable bonds is 1. The van der Waals surface area contributed by atoms with Crippen molar-refractivity contribution in [2.24, 2.45) is 0 Å². The minimum atomic E-state index is -0.548. The predicted octanol–water partition coefficient (Wildman–Crippen LogP) is 1.21. The van der Waals surface area contributed by atoms with E-state index in [0.717, 1.165) is 5.57 Å². The van der Waals surface area contributed by atoms with Crippen LogP contribution >= 0.6 is 0 Å². The maximum Gasteiger partial charge on any atom is 0.165 e. The summed E-state index contributed by atoms with van der Waals surface area (Å²) in [5, 5.41) is 9.25. The van der Waals surface area contributed by atoms with Crippen LogP contribution in [0.25, 0.3) is 0 Å². The van der Waals surface area contributed by atoms with Gasteiger partial charge in [-0.2, -0.15) is 0 Å². The summed E-state index contributed by atoms with van der Waals surface area (Å²) in [6.07, 6.45) is 3.28. The van der Waals surface area contributed by atoms with Crippen LogP contribution in [0.5, 0.6) is 0 Å². The lowest BCUT2D eigenvalue weighted by atomic mass is 10.1. The SMILES string of the molecule is C/C=C/C1=C(C)C(O)CC1=O. The Balaban J connectivity index is 2.96. The van der Waals surface area contributed by atoms with Gasteiger partial charge in [-0.25, -0.2) is 0 Å². The number of aliphatic hydroxyl groups excluding tert-OH is 1. The largest absolute Gasteiger partial charge is 0.388 e. The normalized spacial score (nSPS) is 25.7. The van der Waals surface area contributed by atoms with Crippen LogP contribution in [-0.4, -0.2) is 17.0 Å². The molecule has 1 N–H and O–H groups in total. The van der Waals surface area contributed by atoms with Crippen molar-refractivity contribution in [1.29, 1.82) is 0 Å². The van der Waals surface area contributed by atoms with E-state index in [-0.39, 0.29) is 12.2 Å². The molecular formula is C9H12O2. The molecule has 1 aliphatic carbocycles. The second-order valence-electron chi connectivity index (χ2n) is 2.74. The van der Waals surface area contributed by atoms with Crippen molar-refractivity contribution in [2.75, 3.05) is 0 Å². The van der Waals surface area contributed by atoms with Crippen LogP contribution in [0.3, 0.4) is 0 Å². The van der Waals surface area contributed by atoms with E-state index in [2.05, 4.69) is 0 Å². The van der Waals surface area contributed by atoms with Gasteiger partial charge in [-0.3, -0.25) is 4.79 Å². The Morgan fingerprint density at radius 3 is 2.64 bits per heavy atom. The number of allylic oxidation sites excluding steroid dienone is 3. The standard InChI is InChI=1S/C9H12O2/c1-3-4-7-6(2)8(10)5-9(7)11/h3-4,8,10H,5H2,1-2H3/b4-3+. The highest BCUT2D eigenvalue weighted by Crippen LogP contribution is 2.23. The minimum absolute atomic E-state index is 0.0492. The Hall–Kier alpha value is -0.890. The molecule has 0 aromatic carbocycles. The molecule has 0 saturated heterocycles. The zero-order chi connectivity index (χ0) is 8.43. The summed E-state index contributed by atoms with van der Waals surface area (Å²) in [6, 6.07) is 0. The lowest BCUT2D eigenvalue weighted by Crippen LogP contribution is -2.03.